The molecular weight excluding hydrogens is 961 g/mol. The summed E-state index contributed by atoms with van der Waals surface area (Å²) in [6, 6.07) is 0. The van der Waals surface area contributed by atoms with E-state index in [0.29, 0.717) is 19.3 Å². The second-order valence-corrected chi connectivity index (χ2v) is 23.1. The van der Waals surface area contributed by atoms with Crippen LogP contribution in [0, 0.1) is 0 Å². The Bertz CT molecular complexity index is 1390. The Balaban J connectivity index is 4.10. The normalized spacial score (nSPS) is 12.4. The van der Waals surface area contributed by atoms with Crippen molar-refractivity contribution in [3.05, 3.63) is 60.8 Å². The lowest BCUT2D eigenvalue weighted by atomic mass is 10.0. The van der Waals surface area contributed by atoms with E-state index in [1.54, 1.807) is 0 Å². The van der Waals surface area contributed by atoms with E-state index in [2.05, 4.69) is 75.5 Å². The summed E-state index contributed by atoms with van der Waals surface area (Å²) in [5.74, 6) is -0.974. The Hall–Kier alpha value is -2.89. The third-order valence-electron chi connectivity index (χ3n) is 15.3. The summed E-state index contributed by atoms with van der Waals surface area (Å²) < 4.78 is 16.8. The van der Waals surface area contributed by atoms with Gasteiger partial charge in [-0.05, 0) is 70.6 Å². The Kier molecular flexibility index (Phi) is 64.2. The zero-order valence-corrected chi connectivity index (χ0v) is 52.2. The smallest absolute Gasteiger partial charge is 0.306 e. The minimum absolute atomic E-state index is 0.0966. The topological polar surface area (TPSA) is 78.9 Å². The summed E-state index contributed by atoms with van der Waals surface area (Å²) in [7, 11) is 0. The molecular formula is C72H130O6. The molecule has 0 fully saturated rings. The minimum Gasteiger partial charge on any atom is -0.462 e. The number of rotatable bonds is 63. The number of esters is 3. The molecule has 0 aliphatic heterocycles. The van der Waals surface area contributed by atoms with Crippen LogP contribution in [0.1, 0.15) is 361 Å². The molecule has 0 amide bonds. The van der Waals surface area contributed by atoms with Gasteiger partial charge < -0.3 is 14.2 Å². The number of carbonyl (C=O) groups excluding carboxylic acids is 3. The maximum absolute atomic E-state index is 12.9. The lowest BCUT2D eigenvalue weighted by Gasteiger charge is -2.18. The van der Waals surface area contributed by atoms with Gasteiger partial charge in [-0.2, -0.15) is 0 Å². The quantitative estimate of drug-likeness (QED) is 0.0261. The molecule has 0 saturated carbocycles. The van der Waals surface area contributed by atoms with Crippen LogP contribution < -0.4 is 0 Å². The lowest BCUT2D eigenvalue weighted by Crippen LogP contribution is -2.30. The van der Waals surface area contributed by atoms with E-state index < -0.39 is 6.10 Å². The molecule has 0 bridgehead atoms. The summed E-state index contributed by atoms with van der Waals surface area (Å²) in [6.07, 6.45) is 85.8. The highest BCUT2D eigenvalue weighted by atomic mass is 16.6. The van der Waals surface area contributed by atoms with E-state index in [9.17, 15) is 14.4 Å². The number of unbranched alkanes of at least 4 members (excludes halogenated alkanes) is 42. The van der Waals surface area contributed by atoms with Crippen molar-refractivity contribution in [1.29, 1.82) is 0 Å². The van der Waals surface area contributed by atoms with Crippen LogP contribution in [0.15, 0.2) is 60.8 Å². The predicted molar refractivity (Wildman–Crippen MR) is 339 cm³/mol. The van der Waals surface area contributed by atoms with E-state index in [0.717, 1.165) is 77.0 Å². The first-order chi connectivity index (χ1) is 38.5. The van der Waals surface area contributed by atoms with E-state index in [1.807, 2.05) is 6.08 Å². The molecule has 0 saturated heterocycles. The Morgan fingerprint density at radius 3 is 0.859 bits per heavy atom. The molecule has 0 N–H and O–H groups in total. The fourth-order valence-electron chi connectivity index (χ4n) is 10.2. The van der Waals surface area contributed by atoms with Gasteiger partial charge in [-0.15, -0.1) is 0 Å². The highest BCUT2D eigenvalue weighted by Crippen LogP contribution is 2.18. The van der Waals surface area contributed by atoms with Crippen LogP contribution in [0.3, 0.4) is 0 Å². The molecule has 6 nitrogen and oxygen atoms in total. The van der Waals surface area contributed by atoms with Crippen LogP contribution in [0.25, 0.3) is 0 Å². The summed E-state index contributed by atoms with van der Waals surface area (Å²) in [5.41, 5.74) is 0. The van der Waals surface area contributed by atoms with Crippen LogP contribution in [0.5, 0.6) is 0 Å². The van der Waals surface area contributed by atoms with Gasteiger partial charge in [0.05, 0.1) is 0 Å². The molecule has 6 heteroatoms. The van der Waals surface area contributed by atoms with E-state index in [4.69, 9.17) is 14.2 Å². The van der Waals surface area contributed by atoms with Crippen molar-refractivity contribution >= 4 is 17.9 Å². The fraction of sp³-hybridized carbons (Fsp3) is 0.819. The summed E-state index contributed by atoms with van der Waals surface area (Å²) >= 11 is 0. The van der Waals surface area contributed by atoms with Crippen molar-refractivity contribution in [3.63, 3.8) is 0 Å². The maximum atomic E-state index is 12.9. The average molecular weight is 1090 g/mol. The van der Waals surface area contributed by atoms with Gasteiger partial charge in [-0.3, -0.25) is 14.4 Å². The SMILES string of the molecule is CC/C=C\C/C=C\C/C=C\C/C=C\CCC(=O)OCC(COC(=O)CCCCCCCCCCCCCCCCCCCCCCCCCCCCCCCCCCC)OC(=O)CCCCCCC/C=C\CCCCCCC. The number of ether oxygens (including phenoxy) is 3. The average Bonchev–Trinajstić information content (AvgIpc) is 3.44. The van der Waals surface area contributed by atoms with Crippen LogP contribution in [0.4, 0.5) is 0 Å². The van der Waals surface area contributed by atoms with Gasteiger partial charge >= 0.3 is 17.9 Å². The number of allylic oxidation sites excluding steroid dienone is 10. The predicted octanol–water partition coefficient (Wildman–Crippen LogP) is 23.5. The van der Waals surface area contributed by atoms with Gasteiger partial charge in [0, 0.05) is 19.3 Å². The summed E-state index contributed by atoms with van der Waals surface area (Å²) in [5, 5.41) is 0. The number of hydrogen-bond donors (Lipinski definition) is 0. The molecule has 0 rings (SSSR count). The Morgan fingerprint density at radius 2 is 0.526 bits per heavy atom. The summed E-state index contributed by atoms with van der Waals surface area (Å²) in [4.78, 5) is 38.2. The minimum atomic E-state index is -0.806. The molecule has 1 unspecified atom stereocenters. The molecule has 1 atom stereocenters. The third kappa shape index (κ3) is 63.9. The van der Waals surface area contributed by atoms with Crippen molar-refractivity contribution in [2.24, 2.45) is 0 Å². The van der Waals surface area contributed by atoms with Crippen LogP contribution in [0.2, 0.25) is 0 Å². The van der Waals surface area contributed by atoms with Gasteiger partial charge in [-0.25, -0.2) is 0 Å². The van der Waals surface area contributed by atoms with Crippen molar-refractivity contribution in [1.82, 2.24) is 0 Å². The zero-order chi connectivity index (χ0) is 56.4. The highest BCUT2D eigenvalue weighted by Gasteiger charge is 2.19. The first-order valence-electron chi connectivity index (χ1n) is 34.3. The van der Waals surface area contributed by atoms with Crippen molar-refractivity contribution < 1.29 is 28.6 Å². The summed E-state index contributed by atoms with van der Waals surface area (Å²) in [6.45, 7) is 6.49. The van der Waals surface area contributed by atoms with Gasteiger partial charge in [0.25, 0.3) is 0 Å². The molecule has 0 aromatic carbocycles. The second kappa shape index (κ2) is 66.6. The first-order valence-corrected chi connectivity index (χ1v) is 34.3. The van der Waals surface area contributed by atoms with Gasteiger partial charge in [0.1, 0.15) is 13.2 Å². The standard InChI is InChI=1S/C72H130O6/c1-4-7-10-13-16-19-22-25-27-28-29-30-31-32-33-34-35-36-37-38-39-40-41-42-43-44-45-48-50-53-56-59-62-65-71(74)77-68-69(67-76-70(73)64-61-58-55-52-49-46-24-21-18-15-12-9-6-3)78-72(75)66-63-60-57-54-51-47-26-23-20-17-14-11-8-5-2/h9,12,18,21,23,26,46,49,55,58,69H,4-8,10-11,13-17,19-20,22,24-25,27-45,47-48,50-54,56-57,59-68H2,1-3H3/b12-9-,21-18-,26-23-,49-46-,58-55-. The molecule has 0 aliphatic rings. The molecule has 78 heavy (non-hydrogen) atoms. The molecule has 0 aromatic rings. The molecule has 0 heterocycles. The zero-order valence-electron chi connectivity index (χ0n) is 52.2. The third-order valence-corrected chi connectivity index (χ3v) is 15.3. The van der Waals surface area contributed by atoms with E-state index in [-0.39, 0.29) is 37.5 Å². The van der Waals surface area contributed by atoms with Crippen LogP contribution in [-0.4, -0.2) is 37.2 Å². The van der Waals surface area contributed by atoms with Crippen molar-refractivity contribution in [2.45, 2.75) is 367 Å². The lowest BCUT2D eigenvalue weighted by molar-refractivity contribution is -0.166. The van der Waals surface area contributed by atoms with E-state index in [1.165, 1.54) is 238 Å². The molecule has 0 spiro atoms. The molecule has 0 aromatic heterocycles. The fourth-order valence-corrected chi connectivity index (χ4v) is 10.2. The molecule has 454 valence electrons. The Labute approximate surface area is 485 Å². The van der Waals surface area contributed by atoms with Crippen molar-refractivity contribution in [2.75, 3.05) is 13.2 Å². The van der Waals surface area contributed by atoms with Gasteiger partial charge in [0.2, 0.25) is 0 Å². The van der Waals surface area contributed by atoms with E-state index >= 15 is 0 Å². The van der Waals surface area contributed by atoms with Crippen LogP contribution in [-0.2, 0) is 28.6 Å². The van der Waals surface area contributed by atoms with Crippen LogP contribution >= 0.6 is 0 Å². The van der Waals surface area contributed by atoms with Gasteiger partial charge in [0.15, 0.2) is 6.10 Å². The second-order valence-electron chi connectivity index (χ2n) is 23.1. The largest absolute Gasteiger partial charge is 0.462 e. The number of hydrogen-bond acceptors (Lipinski definition) is 6. The first kappa shape index (κ1) is 75.1. The monoisotopic (exact) mass is 1090 g/mol. The van der Waals surface area contributed by atoms with Crippen molar-refractivity contribution in [3.8, 4) is 0 Å². The molecule has 0 aliphatic carbocycles. The maximum Gasteiger partial charge on any atom is 0.306 e. The highest BCUT2D eigenvalue weighted by molar-refractivity contribution is 5.71. The number of carbonyl (C=O) groups is 3. The Morgan fingerprint density at radius 1 is 0.269 bits per heavy atom. The van der Waals surface area contributed by atoms with Gasteiger partial charge in [-0.1, -0.05) is 332 Å². The molecule has 0 radical (unpaired) electrons.